The Kier molecular flexibility index (Phi) is 7.98. The number of nitriles is 1. The van der Waals surface area contributed by atoms with E-state index in [0.717, 1.165) is 35.8 Å². The Balaban J connectivity index is 1.07. The van der Waals surface area contributed by atoms with Gasteiger partial charge < -0.3 is 20.7 Å². The number of aromatic nitrogens is 2. The van der Waals surface area contributed by atoms with Crippen LogP contribution < -0.4 is 16.0 Å². The Morgan fingerprint density at radius 1 is 1.08 bits per heavy atom. The Hall–Kier alpha value is -2.40. The molecule has 5 aliphatic rings. The first-order valence-electron chi connectivity index (χ1n) is 14.8. The minimum absolute atomic E-state index is 0.300. The average molecular weight is 549 g/mol. The zero-order valence-electron chi connectivity index (χ0n) is 23.0. The van der Waals surface area contributed by atoms with E-state index in [-0.39, 0.29) is 0 Å². The summed E-state index contributed by atoms with van der Waals surface area (Å²) in [5.74, 6) is 4.31. The van der Waals surface area contributed by atoms with Crippen molar-refractivity contribution in [1.29, 1.82) is 5.26 Å². The third-order valence-electron chi connectivity index (χ3n) is 10.1. The number of rotatable bonds is 10. The number of benzene rings is 1. The summed E-state index contributed by atoms with van der Waals surface area (Å²) in [5.41, 5.74) is 1.78. The van der Waals surface area contributed by atoms with E-state index >= 15 is 0 Å². The predicted molar refractivity (Wildman–Crippen MR) is 155 cm³/mol. The molecule has 5 aliphatic carbocycles. The standard InChI is InChI=1S/C31H41ClN6O/c1-39-26-8-6-20(7-9-26)16-34-28-23-10-21-11-24(28)14-31(12-21,13-23)19-37-29-25(15-33)18-36-30(38-29)35-17-22-4-2-3-5-27(22)32/h2-5,18,20-21,23-24,26,28,34H,6-14,16-17,19H2,1H3,(H2,35,36,37,38)/t20-,21?,23-,24+,26-,28-,31-. The number of nitrogens with zero attached hydrogens (tertiary/aromatic N) is 3. The van der Waals surface area contributed by atoms with Gasteiger partial charge in [0, 0.05) is 31.3 Å². The van der Waals surface area contributed by atoms with Gasteiger partial charge in [0.1, 0.15) is 17.5 Å². The summed E-state index contributed by atoms with van der Waals surface area (Å²) in [6, 6.07) is 10.7. The molecule has 4 bridgehead atoms. The molecule has 5 atom stereocenters. The summed E-state index contributed by atoms with van der Waals surface area (Å²) in [7, 11) is 1.85. The summed E-state index contributed by atoms with van der Waals surface area (Å²) in [5, 5.41) is 21.4. The number of halogens is 1. The molecule has 5 saturated carbocycles. The van der Waals surface area contributed by atoms with Crippen LogP contribution in [-0.2, 0) is 11.3 Å². The van der Waals surface area contributed by atoms with Crippen LogP contribution in [-0.4, -0.2) is 42.3 Å². The zero-order chi connectivity index (χ0) is 26.8. The number of ether oxygens (including phenoxy) is 1. The molecular weight excluding hydrogens is 508 g/mol. The molecular formula is C31H41ClN6O. The molecule has 0 aliphatic heterocycles. The van der Waals surface area contributed by atoms with Gasteiger partial charge >= 0.3 is 0 Å². The lowest BCUT2D eigenvalue weighted by atomic mass is 9.48. The second-order valence-electron chi connectivity index (χ2n) is 12.6. The van der Waals surface area contributed by atoms with Gasteiger partial charge in [-0.25, -0.2) is 4.98 Å². The van der Waals surface area contributed by atoms with E-state index in [1.54, 1.807) is 6.20 Å². The largest absolute Gasteiger partial charge is 0.381 e. The van der Waals surface area contributed by atoms with E-state index in [1.165, 1.54) is 64.3 Å². The molecule has 1 unspecified atom stereocenters. The molecule has 208 valence electrons. The molecule has 7 nitrogen and oxygen atoms in total. The van der Waals surface area contributed by atoms with Crippen LogP contribution in [0.4, 0.5) is 11.8 Å². The molecule has 0 saturated heterocycles. The quantitative estimate of drug-likeness (QED) is 0.334. The molecule has 5 fully saturated rings. The smallest absolute Gasteiger partial charge is 0.224 e. The van der Waals surface area contributed by atoms with E-state index in [1.807, 2.05) is 31.4 Å². The molecule has 1 heterocycles. The van der Waals surface area contributed by atoms with Gasteiger partial charge in [-0.05, 0) is 105 Å². The van der Waals surface area contributed by atoms with E-state index in [9.17, 15) is 5.26 Å². The van der Waals surface area contributed by atoms with Gasteiger partial charge in [-0.3, -0.25) is 0 Å². The zero-order valence-corrected chi connectivity index (χ0v) is 23.7. The Bertz CT molecular complexity index is 1180. The number of methoxy groups -OCH3 is 1. The lowest BCUT2D eigenvalue weighted by Crippen LogP contribution is -2.60. The summed E-state index contributed by atoms with van der Waals surface area (Å²) in [6.45, 7) is 2.57. The van der Waals surface area contributed by atoms with E-state index < -0.39 is 0 Å². The van der Waals surface area contributed by atoms with Crippen molar-refractivity contribution in [3.05, 3.63) is 46.6 Å². The van der Waals surface area contributed by atoms with Crippen molar-refractivity contribution < 1.29 is 4.74 Å². The van der Waals surface area contributed by atoms with Gasteiger partial charge in [-0.15, -0.1) is 0 Å². The van der Waals surface area contributed by atoms with Crippen molar-refractivity contribution >= 4 is 23.4 Å². The van der Waals surface area contributed by atoms with Crippen LogP contribution in [0.15, 0.2) is 30.5 Å². The Morgan fingerprint density at radius 3 is 2.56 bits per heavy atom. The fraction of sp³-hybridized carbons (Fsp3) is 0.645. The highest BCUT2D eigenvalue weighted by molar-refractivity contribution is 6.31. The molecule has 1 aromatic heterocycles. The van der Waals surface area contributed by atoms with Crippen LogP contribution in [0, 0.1) is 40.4 Å². The molecule has 0 amide bonds. The average Bonchev–Trinajstić information content (AvgIpc) is 2.95. The highest BCUT2D eigenvalue weighted by Gasteiger charge is 2.55. The van der Waals surface area contributed by atoms with Gasteiger partial charge in [0.2, 0.25) is 5.95 Å². The van der Waals surface area contributed by atoms with Gasteiger partial charge in [-0.1, -0.05) is 29.8 Å². The highest BCUT2D eigenvalue weighted by Crippen LogP contribution is 2.60. The fourth-order valence-corrected chi connectivity index (χ4v) is 8.59. The van der Waals surface area contributed by atoms with Crippen molar-refractivity contribution in [2.45, 2.75) is 76.5 Å². The van der Waals surface area contributed by atoms with Crippen molar-refractivity contribution in [3.63, 3.8) is 0 Å². The number of anilines is 2. The molecule has 7 rings (SSSR count). The third-order valence-corrected chi connectivity index (χ3v) is 10.5. The minimum atomic E-state index is 0.300. The van der Waals surface area contributed by atoms with E-state index in [4.69, 9.17) is 21.3 Å². The fourth-order valence-electron chi connectivity index (χ4n) is 8.39. The molecule has 0 radical (unpaired) electrons. The summed E-state index contributed by atoms with van der Waals surface area (Å²) < 4.78 is 5.57. The minimum Gasteiger partial charge on any atom is -0.381 e. The summed E-state index contributed by atoms with van der Waals surface area (Å²) in [4.78, 5) is 9.06. The van der Waals surface area contributed by atoms with Crippen molar-refractivity contribution in [3.8, 4) is 6.07 Å². The lowest BCUT2D eigenvalue weighted by molar-refractivity contribution is -0.0706. The highest BCUT2D eigenvalue weighted by atomic mass is 35.5. The van der Waals surface area contributed by atoms with Gasteiger partial charge in [0.25, 0.3) is 0 Å². The maximum Gasteiger partial charge on any atom is 0.224 e. The van der Waals surface area contributed by atoms with Crippen molar-refractivity contribution in [2.75, 3.05) is 30.8 Å². The monoisotopic (exact) mass is 548 g/mol. The summed E-state index contributed by atoms with van der Waals surface area (Å²) in [6.07, 6.45) is 13.7. The van der Waals surface area contributed by atoms with E-state index in [0.29, 0.717) is 46.5 Å². The number of nitrogens with one attached hydrogen (secondary N) is 3. The molecule has 8 heteroatoms. The molecule has 3 N–H and O–H groups in total. The SMILES string of the molecule is CO[C@H]1CC[C@H](CN[C@@H]2[C@@H]3CC4C[C@H]2C[C@@](CNc2nc(NCc5ccccc5Cl)ncc2C#N)(C4)C3)CC1. The Morgan fingerprint density at radius 2 is 1.85 bits per heavy atom. The van der Waals surface area contributed by atoms with Crippen LogP contribution in [0.3, 0.4) is 0 Å². The van der Waals surface area contributed by atoms with Crippen LogP contribution in [0.2, 0.25) is 5.02 Å². The van der Waals surface area contributed by atoms with Gasteiger partial charge in [0.05, 0.1) is 12.3 Å². The first-order chi connectivity index (χ1) is 19.0. The van der Waals surface area contributed by atoms with Crippen LogP contribution in [0.25, 0.3) is 0 Å². The molecule has 0 spiro atoms. The van der Waals surface area contributed by atoms with Crippen LogP contribution in [0.1, 0.15) is 68.9 Å². The van der Waals surface area contributed by atoms with E-state index in [2.05, 4.69) is 27.0 Å². The second-order valence-corrected chi connectivity index (χ2v) is 13.1. The molecule has 1 aromatic carbocycles. The predicted octanol–water partition coefficient (Wildman–Crippen LogP) is 6.02. The Labute approximate surface area is 237 Å². The van der Waals surface area contributed by atoms with Gasteiger partial charge in [-0.2, -0.15) is 10.2 Å². The van der Waals surface area contributed by atoms with Crippen LogP contribution >= 0.6 is 11.6 Å². The first kappa shape index (κ1) is 26.8. The van der Waals surface area contributed by atoms with Crippen LogP contribution in [0.5, 0.6) is 0 Å². The topological polar surface area (TPSA) is 94.9 Å². The van der Waals surface area contributed by atoms with Gasteiger partial charge in [0.15, 0.2) is 0 Å². The first-order valence-corrected chi connectivity index (χ1v) is 15.2. The normalized spacial score (nSPS) is 33.1. The lowest BCUT2D eigenvalue weighted by Gasteiger charge is -2.60. The number of hydrogen-bond acceptors (Lipinski definition) is 7. The maximum atomic E-state index is 9.72. The maximum absolute atomic E-state index is 9.72. The number of hydrogen-bond donors (Lipinski definition) is 3. The summed E-state index contributed by atoms with van der Waals surface area (Å²) >= 11 is 6.30. The third kappa shape index (κ3) is 5.89. The van der Waals surface area contributed by atoms with Crippen molar-refractivity contribution in [1.82, 2.24) is 15.3 Å². The second kappa shape index (κ2) is 11.6. The molecule has 2 aromatic rings. The van der Waals surface area contributed by atoms with Crippen molar-refractivity contribution in [2.24, 2.45) is 29.1 Å². The molecule has 39 heavy (non-hydrogen) atoms.